The molecule has 172 valence electrons. The predicted molar refractivity (Wildman–Crippen MR) is 127 cm³/mol. The molecule has 8 nitrogen and oxygen atoms in total. The first-order chi connectivity index (χ1) is 15.9. The number of hydrogen-bond acceptors (Lipinski definition) is 6. The highest BCUT2D eigenvalue weighted by atomic mass is 35.5. The van der Waals surface area contributed by atoms with E-state index < -0.39 is 4.92 Å². The average molecular weight is 469 g/mol. The van der Waals surface area contributed by atoms with Crippen molar-refractivity contribution in [1.82, 2.24) is 0 Å². The average Bonchev–Trinajstić information content (AvgIpc) is 3.09. The summed E-state index contributed by atoms with van der Waals surface area (Å²) in [5.41, 5.74) is 1.75. The highest BCUT2D eigenvalue weighted by Crippen LogP contribution is 2.42. The van der Waals surface area contributed by atoms with E-state index in [0.29, 0.717) is 55.4 Å². The van der Waals surface area contributed by atoms with Crippen LogP contribution in [0.5, 0.6) is 0 Å². The molecule has 5 rings (SSSR count). The number of nitro benzene ring substituents is 1. The van der Waals surface area contributed by atoms with Gasteiger partial charge < -0.3 is 9.80 Å². The molecule has 0 unspecified atom stereocenters. The van der Waals surface area contributed by atoms with E-state index in [2.05, 4.69) is 4.90 Å². The maximum absolute atomic E-state index is 12.9. The lowest BCUT2D eigenvalue weighted by molar-refractivity contribution is -0.384. The van der Waals surface area contributed by atoms with Gasteiger partial charge in [-0.15, -0.1) is 0 Å². The second-order valence-electron chi connectivity index (χ2n) is 8.89. The van der Waals surface area contributed by atoms with Crippen LogP contribution >= 0.6 is 11.6 Å². The number of anilines is 3. The Bertz CT molecular complexity index is 1090. The van der Waals surface area contributed by atoms with Crippen LogP contribution < -0.4 is 14.7 Å². The number of rotatable bonds is 4. The molecule has 0 bridgehead atoms. The Morgan fingerprint density at radius 2 is 1.48 bits per heavy atom. The Kier molecular flexibility index (Phi) is 5.70. The number of carbonyl (C=O) groups is 2. The van der Waals surface area contributed by atoms with E-state index in [1.54, 1.807) is 12.1 Å². The van der Waals surface area contributed by atoms with Gasteiger partial charge in [0, 0.05) is 43.0 Å². The lowest BCUT2D eigenvalue weighted by atomic mass is 9.81. The van der Waals surface area contributed by atoms with Gasteiger partial charge in [-0.05, 0) is 43.2 Å². The summed E-state index contributed by atoms with van der Waals surface area (Å²) < 4.78 is 0. The first-order valence-electron chi connectivity index (χ1n) is 11.4. The lowest BCUT2D eigenvalue weighted by Gasteiger charge is -2.37. The maximum atomic E-state index is 12.9. The van der Waals surface area contributed by atoms with Gasteiger partial charge >= 0.3 is 0 Å². The topological polar surface area (TPSA) is 87.0 Å². The molecule has 2 amide bonds. The first kappa shape index (κ1) is 21.7. The first-order valence-corrected chi connectivity index (χ1v) is 11.7. The van der Waals surface area contributed by atoms with Crippen LogP contribution in [0.2, 0.25) is 5.02 Å². The molecule has 3 aliphatic rings. The molecule has 2 heterocycles. The quantitative estimate of drug-likeness (QED) is 0.378. The highest BCUT2D eigenvalue weighted by Gasteiger charge is 2.49. The Hall–Kier alpha value is -3.13. The minimum atomic E-state index is -0.430. The fraction of sp³-hybridized carbons (Fsp3) is 0.417. The van der Waals surface area contributed by atoms with Crippen LogP contribution in [0.1, 0.15) is 25.7 Å². The number of nitro groups is 1. The normalized spacial score (nSPS) is 23.1. The summed E-state index contributed by atoms with van der Waals surface area (Å²) in [5, 5.41) is 12.6. The summed E-state index contributed by atoms with van der Waals surface area (Å²) in [7, 11) is 0. The third kappa shape index (κ3) is 3.93. The van der Waals surface area contributed by atoms with Crippen molar-refractivity contribution < 1.29 is 14.5 Å². The molecule has 2 aromatic carbocycles. The SMILES string of the molecule is O=C1[C@@H]2CCCC[C@H]2C(=O)N1c1ccc(N2CCN(c3cccc(Cl)c3)CC2)c([N+](=O)[O-])c1. The zero-order valence-electron chi connectivity index (χ0n) is 18.2. The van der Waals surface area contributed by atoms with Gasteiger partial charge in [-0.3, -0.25) is 19.7 Å². The summed E-state index contributed by atoms with van der Waals surface area (Å²) in [6, 6.07) is 12.4. The molecule has 0 radical (unpaired) electrons. The van der Waals surface area contributed by atoms with Gasteiger partial charge in [0.15, 0.2) is 0 Å². The van der Waals surface area contributed by atoms with Crippen molar-refractivity contribution in [3.05, 3.63) is 57.6 Å². The van der Waals surface area contributed by atoms with Crippen molar-refractivity contribution in [2.24, 2.45) is 11.8 Å². The van der Waals surface area contributed by atoms with Crippen molar-refractivity contribution in [3.63, 3.8) is 0 Å². The Balaban J connectivity index is 1.37. The van der Waals surface area contributed by atoms with Crippen LogP contribution in [0.3, 0.4) is 0 Å². The van der Waals surface area contributed by atoms with E-state index in [1.165, 1.54) is 11.0 Å². The number of nitrogens with zero attached hydrogens (tertiary/aromatic N) is 4. The number of benzene rings is 2. The van der Waals surface area contributed by atoms with Gasteiger partial charge in [0.1, 0.15) is 5.69 Å². The summed E-state index contributed by atoms with van der Waals surface area (Å²) >= 11 is 6.11. The molecule has 9 heteroatoms. The monoisotopic (exact) mass is 468 g/mol. The highest BCUT2D eigenvalue weighted by molar-refractivity contribution is 6.30. The molecule has 0 spiro atoms. The number of fused-ring (bicyclic) bond motifs is 1. The summed E-state index contributed by atoms with van der Waals surface area (Å²) in [5.74, 6) is -1.02. The molecular weight excluding hydrogens is 444 g/mol. The fourth-order valence-electron chi connectivity index (χ4n) is 5.36. The van der Waals surface area contributed by atoms with E-state index in [9.17, 15) is 19.7 Å². The smallest absolute Gasteiger partial charge is 0.294 e. The van der Waals surface area contributed by atoms with Crippen molar-refractivity contribution in [1.29, 1.82) is 0 Å². The number of halogens is 1. The van der Waals surface area contributed by atoms with Gasteiger partial charge in [0.2, 0.25) is 11.8 Å². The van der Waals surface area contributed by atoms with E-state index >= 15 is 0 Å². The molecule has 2 aromatic rings. The summed E-state index contributed by atoms with van der Waals surface area (Å²) in [6.45, 7) is 2.62. The fourth-order valence-corrected chi connectivity index (χ4v) is 5.54. The lowest BCUT2D eigenvalue weighted by Crippen LogP contribution is -2.46. The largest absolute Gasteiger partial charge is 0.368 e. The molecule has 0 N–H and O–H groups in total. The van der Waals surface area contributed by atoms with E-state index in [-0.39, 0.29) is 29.3 Å². The second kappa shape index (κ2) is 8.67. The van der Waals surface area contributed by atoms with Crippen LogP contribution in [0.25, 0.3) is 0 Å². The number of hydrogen-bond donors (Lipinski definition) is 0. The van der Waals surface area contributed by atoms with Crippen molar-refractivity contribution in [2.45, 2.75) is 25.7 Å². The van der Waals surface area contributed by atoms with Crippen LogP contribution in [-0.4, -0.2) is 42.9 Å². The third-order valence-electron chi connectivity index (χ3n) is 7.05. The Morgan fingerprint density at radius 3 is 2.09 bits per heavy atom. The van der Waals surface area contributed by atoms with Crippen LogP contribution in [0, 0.1) is 22.0 Å². The maximum Gasteiger partial charge on any atom is 0.294 e. The zero-order valence-corrected chi connectivity index (χ0v) is 18.9. The van der Waals surface area contributed by atoms with E-state index in [0.717, 1.165) is 18.5 Å². The minimum absolute atomic E-state index is 0.0841. The summed E-state index contributed by atoms with van der Waals surface area (Å²) in [4.78, 5) is 42.7. The van der Waals surface area contributed by atoms with Crippen molar-refractivity contribution >= 4 is 46.2 Å². The molecular formula is C24H25ClN4O4. The van der Waals surface area contributed by atoms with Crippen LogP contribution in [0.4, 0.5) is 22.7 Å². The molecule has 1 saturated carbocycles. The predicted octanol–water partition coefficient (Wildman–Crippen LogP) is 4.25. The Morgan fingerprint density at radius 1 is 0.848 bits per heavy atom. The number of carbonyl (C=O) groups excluding carboxylic acids is 2. The molecule has 2 saturated heterocycles. The van der Waals surface area contributed by atoms with Crippen LogP contribution in [0.15, 0.2) is 42.5 Å². The zero-order chi connectivity index (χ0) is 23.1. The second-order valence-corrected chi connectivity index (χ2v) is 9.33. The third-order valence-corrected chi connectivity index (χ3v) is 7.28. The number of piperazine rings is 1. The van der Waals surface area contributed by atoms with Gasteiger partial charge in [-0.2, -0.15) is 0 Å². The molecule has 0 aromatic heterocycles. The minimum Gasteiger partial charge on any atom is -0.368 e. The molecule has 33 heavy (non-hydrogen) atoms. The molecule has 1 aliphatic carbocycles. The standard InChI is InChI=1S/C24H25ClN4O4/c25-16-4-3-5-17(14-16)26-10-12-27(13-11-26)21-9-8-18(15-22(21)29(32)33)28-23(30)19-6-1-2-7-20(19)24(28)31/h3-5,8-9,14-15,19-20H,1-2,6-7,10-13H2/t19-,20-/m1/s1. The van der Waals surface area contributed by atoms with E-state index in [1.807, 2.05) is 29.2 Å². The van der Waals surface area contributed by atoms with Gasteiger partial charge in [0.25, 0.3) is 5.69 Å². The number of amides is 2. The molecule has 2 atom stereocenters. The van der Waals surface area contributed by atoms with Crippen molar-refractivity contribution in [2.75, 3.05) is 40.9 Å². The summed E-state index contributed by atoms with van der Waals surface area (Å²) in [6.07, 6.45) is 3.30. The molecule has 3 fully saturated rings. The van der Waals surface area contributed by atoms with Gasteiger partial charge in [-0.25, -0.2) is 4.90 Å². The Labute approximate surface area is 196 Å². The number of imide groups is 1. The molecule has 2 aliphatic heterocycles. The van der Waals surface area contributed by atoms with Crippen molar-refractivity contribution in [3.8, 4) is 0 Å². The van der Waals surface area contributed by atoms with Gasteiger partial charge in [-0.1, -0.05) is 30.5 Å². The van der Waals surface area contributed by atoms with E-state index in [4.69, 9.17) is 11.6 Å². The van der Waals surface area contributed by atoms with Gasteiger partial charge in [0.05, 0.1) is 22.4 Å². The van der Waals surface area contributed by atoms with Crippen LogP contribution in [-0.2, 0) is 9.59 Å².